The summed E-state index contributed by atoms with van der Waals surface area (Å²) in [5.74, 6) is 0.990. The van der Waals surface area contributed by atoms with Crippen molar-refractivity contribution < 1.29 is 4.74 Å². The van der Waals surface area contributed by atoms with E-state index in [0.29, 0.717) is 0 Å². The Bertz CT molecular complexity index is 338. The minimum Gasteiger partial charge on any atom is -0.496 e. The van der Waals surface area contributed by atoms with Crippen molar-refractivity contribution in [3.8, 4) is 5.75 Å². The van der Waals surface area contributed by atoms with Gasteiger partial charge in [-0.15, -0.1) is 0 Å². The first-order valence-electron chi connectivity index (χ1n) is 6.15. The molecule has 1 atom stereocenters. The van der Waals surface area contributed by atoms with Crippen molar-refractivity contribution in [3.63, 3.8) is 0 Å². The van der Waals surface area contributed by atoms with Gasteiger partial charge in [-0.05, 0) is 50.4 Å². The van der Waals surface area contributed by atoms with E-state index in [1.165, 1.54) is 16.7 Å². The predicted molar refractivity (Wildman–Crippen MR) is 72.4 cm³/mol. The van der Waals surface area contributed by atoms with Gasteiger partial charge < -0.3 is 15.8 Å². The third-order valence-electron chi connectivity index (χ3n) is 2.83. The molecule has 0 heterocycles. The Labute approximate surface area is 104 Å². The van der Waals surface area contributed by atoms with Gasteiger partial charge in [0.2, 0.25) is 0 Å². The van der Waals surface area contributed by atoms with Crippen LogP contribution in [0.15, 0.2) is 12.1 Å². The fourth-order valence-corrected chi connectivity index (χ4v) is 2.03. The first-order valence-corrected chi connectivity index (χ1v) is 6.15. The Balaban J connectivity index is 2.55. The molecule has 0 aliphatic heterocycles. The molecule has 0 amide bonds. The molecule has 0 bridgehead atoms. The summed E-state index contributed by atoms with van der Waals surface area (Å²) in [5.41, 5.74) is 9.38. The zero-order chi connectivity index (χ0) is 12.8. The zero-order valence-electron chi connectivity index (χ0n) is 11.3. The summed E-state index contributed by atoms with van der Waals surface area (Å²) in [4.78, 5) is 0. The van der Waals surface area contributed by atoms with Crippen molar-refractivity contribution in [3.05, 3.63) is 28.8 Å². The molecule has 1 unspecified atom stereocenters. The molecule has 0 aliphatic rings. The number of aryl methyl sites for hydroxylation is 2. The summed E-state index contributed by atoms with van der Waals surface area (Å²) in [6, 6.07) is 4.61. The average Bonchev–Trinajstić information content (AvgIpc) is 2.24. The largest absolute Gasteiger partial charge is 0.496 e. The first-order chi connectivity index (χ1) is 8.04. The SMILES string of the molecule is COc1c(C)cc(CNCCC(C)N)cc1C. The van der Waals surface area contributed by atoms with E-state index < -0.39 is 0 Å². The van der Waals surface area contributed by atoms with Crippen LogP contribution < -0.4 is 15.8 Å². The Morgan fingerprint density at radius 3 is 2.35 bits per heavy atom. The van der Waals surface area contributed by atoms with Crippen LogP contribution in [0.3, 0.4) is 0 Å². The smallest absolute Gasteiger partial charge is 0.124 e. The average molecular weight is 236 g/mol. The van der Waals surface area contributed by atoms with Crippen molar-refractivity contribution in [2.24, 2.45) is 5.73 Å². The monoisotopic (exact) mass is 236 g/mol. The highest BCUT2D eigenvalue weighted by Crippen LogP contribution is 2.24. The molecule has 1 aromatic carbocycles. The summed E-state index contributed by atoms with van der Waals surface area (Å²) in [7, 11) is 1.72. The normalized spacial score (nSPS) is 12.5. The second kappa shape index (κ2) is 6.62. The van der Waals surface area contributed by atoms with Crippen LogP contribution in [0.2, 0.25) is 0 Å². The summed E-state index contributed by atoms with van der Waals surface area (Å²) in [5, 5.41) is 3.40. The lowest BCUT2D eigenvalue weighted by atomic mass is 10.1. The van der Waals surface area contributed by atoms with Crippen LogP contribution in [0.4, 0.5) is 0 Å². The first kappa shape index (κ1) is 14.0. The van der Waals surface area contributed by atoms with Gasteiger partial charge in [0.1, 0.15) is 5.75 Å². The zero-order valence-corrected chi connectivity index (χ0v) is 11.3. The molecular formula is C14H24N2O. The Morgan fingerprint density at radius 1 is 1.29 bits per heavy atom. The van der Waals surface area contributed by atoms with Crippen molar-refractivity contribution in [1.82, 2.24) is 5.32 Å². The van der Waals surface area contributed by atoms with Gasteiger partial charge in [0, 0.05) is 12.6 Å². The summed E-state index contributed by atoms with van der Waals surface area (Å²) < 4.78 is 5.35. The second-order valence-corrected chi connectivity index (χ2v) is 4.71. The van der Waals surface area contributed by atoms with Crippen LogP contribution in [0.1, 0.15) is 30.0 Å². The standard InChI is InChI=1S/C14H24N2O/c1-10-7-13(8-11(2)14(10)17-4)9-16-6-5-12(3)15/h7-8,12,16H,5-6,9,15H2,1-4H3. The lowest BCUT2D eigenvalue weighted by Gasteiger charge is -2.12. The quantitative estimate of drug-likeness (QED) is 0.744. The highest BCUT2D eigenvalue weighted by Gasteiger charge is 2.04. The summed E-state index contributed by atoms with van der Waals surface area (Å²) in [6.45, 7) is 8.04. The van der Waals surface area contributed by atoms with Crippen molar-refractivity contribution in [2.75, 3.05) is 13.7 Å². The van der Waals surface area contributed by atoms with E-state index >= 15 is 0 Å². The fourth-order valence-electron chi connectivity index (χ4n) is 2.03. The molecule has 0 fully saturated rings. The third-order valence-corrected chi connectivity index (χ3v) is 2.83. The second-order valence-electron chi connectivity index (χ2n) is 4.71. The molecule has 0 saturated heterocycles. The highest BCUT2D eigenvalue weighted by molar-refractivity contribution is 5.43. The molecule has 0 spiro atoms. The Kier molecular flexibility index (Phi) is 5.45. The minimum absolute atomic E-state index is 0.266. The van der Waals surface area contributed by atoms with Crippen LogP contribution in [0.5, 0.6) is 5.75 Å². The molecule has 0 aromatic heterocycles. The van der Waals surface area contributed by atoms with E-state index in [-0.39, 0.29) is 6.04 Å². The van der Waals surface area contributed by atoms with Gasteiger partial charge in [0.25, 0.3) is 0 Å². The number of methoxy groups -OCH3 is 1. The van der Waals surface area contributed by atoms with E-state index in [9.17, 15) is 0 Å². The minimum atomic E-state index is 0.266. The molecule has 3 heteroatoms. The van der Waals surface area contributed by atoms with Gasteiger partial charge in [-0.1, -0.05) is 12.1 Å². The molecule has 3 N–H and O–H groups in total. The molecule has 0 aliphatic carbocycles. The third kappa shape index (κ3) is 4.36. The van der Waals surface area contributed by atoms with Crippen molar-refractivity contribution >= 4 is 0 Å². The lowest BCUT2D eigenvalue weighted by Crippen LogP contribution is -2.23. The maximum Gasteiger partial charge on any atom is 0.124 e. The molecule has 17 heavy (non-hydrogen) atoms. The molecule has 0 radical (unpaired) electrons. The van der Waals surface area contributed by atoms with Gasteiger partial charge in [0.05, 0.1) is 7.11 Å². The topological polar surface area (TPSA) is 47.3 Å². The fraction of sp³-hybridized carbons (Fsp3) is 0.571. The van der Waals surface area contributed by atoms with Gasteiger partial charge in [0.15, 0.2) is 0 Å². The number of ether oxygens (including phenoxy) is 1. The van der Waals surface area contributed by atoms with E-state index in [0.717, 1.165) is 25.3 Å². The maximum absolute atomic E-state index is 5.70. The molecule has 96 valence electrons. The number of nitrogens with two attached hydrogens (primary N) is 1. The molecule has 0 saturated carbocycles. The van der Waals surface area contributed by atoms with Gasteiger partial charge in [-0.2, -0.15) is 0 Å². The van der Waals surface area contributed by atoms with Crippen LogP contribution in [-0.4, -0.2) is 19.7 Å². The predicted octanol–water partition coefficient (Wildman–Crippen LogP) is 2.14. The van der Waals surface area contributed by atoms with E-state index in [1.807, 2.05) is 6.92 Å². The highest BCUT2D eigenvalue weighted by atomic mass is 16.5. The number of nitrogens with one attached hydrogen (secondary N) is 1. The maximum atomic E-state index is 5.70. The van der Waals surface area contributed by atoms with Crippen LogP contribution in [0.25, 0.3) is 0 Å². The molecule has 1 rings (SSSR count). The van der Waals surface area contributed by atoms with Crippen molar-refractivity contribution in [1.29, 1.82) is 0 Å². The van der Waals surface area contributed by atoms with Gasteiger partial charge in [-0.3, -0.25) is 0 Å². The van der Waals surface area contributed by atoms with E-state index in [4.69, 9.17) is 10.5 Å². The Morgan fingerprint density at radius 2 is 1.88 bits per heavy atom. The van der Waals surface area contributed by atoms with Gasteiger partial charge in [-0.25, -0.2) is 0 Å². The van der Waals surface area contributed by atoms with Gasteiger partial charge >= 0.3 is 0 Å². The van der Waals surface area contributed by atoms with Crippen LogP contribution in [-0.2, 0) is 6.54 Å². The number of hydrogen-bond acceptors (Lipinski definition) is 3. The molecular weight excluding hydrogens is 212 g/mol. The number of hydrogen-bond donors (Lipinski definition) is 2. The lowest BCUT2D eigenvalue weighted by molar-refractivity contribution is 0.408. The Hall–Kier alpha value is -1.06. The van der Waals surface area contributed by atoms with Crippen LogP contribution in [0, 0.1) is 13.8 Å². The van der Waals surface area contributed by atoms with E-state index in [1.54, 1.807) is 7.11 Å². The molecule has 3 nitrogen and oxygen atoms in total. The summed E-state index contributed by atoms with van der Waals surface area (Å²) in [6.07, 6.45) is 1.01. The number of benzene rings is 1. The van der Waals surface area contributed by atoms with Crippen LogP contribution >= 0.6 is 0 Å². The number of rotatable bonds is 6. The molecule has 1 aromatic rings. The van der Waals surface area contributed by atoms with Crippen molar-refractivity contribution in [2.45, 2.75) is 39.8 Å². The summed E-state index contributed by atoms with van der Waals surface area (Å²) >= 11 is 0. The van der Waals surface area contributed by atoms with E-state index in [2.05, 4.69) is 31.3 Å².